The van der Waals surface area contributed by atoms with Gasteiger partial charge in [-0.25, -0.2) is 0 Å². The van der Waals surface area contributed by atoms with Crippen molar-refractivity contribution in [2.45, 2.75) is 44.2 Å². The molecule has 0 heterocycles. The van der Waals surface area contributed by atoms with E-state index in [1.807, 2.05) is 0 Å². The summed E-state index contributed by atoms with van der Waals surface area (Å²) in [5.74, 6) is -2.32. The monoisotopic (exact) mass is 340 g/mol. The van der Waals surface area contributed by atoms with Gasteiger partial charge in [0.05, 0.1) is 0 Å². The van der Waals surface area contributed by atoms with Crippen LogP contribution in [0, 0.1) is 0 Å². The van der Waals surface area contributed by atoms with E-state index in [-0.39, 0.29) is 5.32 Å². The Bertz CT molecular complexity index is 353. The van der Waals surface area contributed by atoms with Crippen LogP contribution >= 0.6 is 0 Å². The molecule has 0 radical (unpaired) electrons. The van der Waals surface area contributed by atoms with Crippen LogP contribution in [0.5, 0.6) is 0 Å². The van der Waals surface area contributed by atoms with Gasteiger partial charge in [0, 0.05) is 0 Å². The van der Waals surface area contributed by atoms with Crippen LogP contribution in [0.4, 0.5) is 0 Å². The number of amides is 1. The third-order valence-electron chi connectivity index (χ3n) is 1.95. The fraction of sp³-hybridized carbons (Fsp3) is 0.727. The van der Waals surface area contributed by atoms with Crippen molar-refractivity contribution in [3.8, 4) is 0 Å². The van der Waals surface area contributed by atoms with Crippen molar-refractivity contribution in [2.75, 3.05) is 7.05 Å². The molecule has 0 aromatic heterocycles. The van der Waals surface area contributed by atoms with E-state index in [9.17, 15) is 14.4 Å². The van der Waals surface area contributed by atoms with Crippen molar-refractivity contribution in [1.82, 2.24) is 10.4 Å². The summed E-state index contributed by atoms with van der Waals surface area (Å²) < 4.78 is 4.99. The number of rotatable bonds is 6. The number of ether oxygens (including phenoxy) is 1. The van der Waals surface area contributed by atoms with Gasteiger partial charge in [0.15, 0.2) is 0 Å². The fourth-order valence-electron chi connectivity index (χ4n) is 1.19. The topological polar surface area (TPSA) is 95.9 Å². The van der Waals surface area contributed by atoms with Crippen molar-refractivity contribution in [3.63, 3.8) is 0 Å². The first-order valence-electron chi connectivity index (χ1n) is 5.64. The van der Waals surface area contributed by atoms with Gasteiger partial charge >= 0.3 is 120 Å². The van der Waals surface area contributed by atoms with Gasteiger partial charge in [-0.1, -0.05) is 0 Å². The maximum atomic E-state index is 11.5. The summed E-state index contributed by atoms with van der Waals surface area (Å²) in [5.41, 5.74) is 1.67. The second-order valence-corrected chi connectivity index (χ2v) is 5.71. The molecule has 0 bridgehead atoms. The van der Waals surface area contributed by atoms with E-state index in [2.05, 4.69) is 21.4 Å². The number of hydrogen-bond donors (Lipinski definition) is 2. The Labute approximate surface area is 120 Å². The number of carboxylic acids is 1. The second-order valence-electron chi connectivity index (χ2n) is 4.95. The predicted octanol–water partition coefficient (Wildman–Crippen LogP) is -0.546. The summed E-state index contributed by atoms with van der Waals surface area (Å²) in [7, 11) is 1.43. The van der Waals surface area contributed by atoms with Crippen molar-refractivity contribution in [3.05, 3.63) is 0 Å². The number of carbonyl (C=O) groups is 3. The molecule has 0 aromatic carbocycles. The van der Waals surface area contributed by atoms with Crippen LogP contribution in [-0.2, 0) is 19.1 Å². The van der Waals surface area contributed by atoms with Gasteiger partial charge in [0.2, 0.25) is 0 Å². The number of hydrogen-bond acceptors (Lipinski definition) is 5. The molecule has 0 saturated heterocycles. The quantitative estimate of drug-likeness (QED) is 0.292. The van der Waals surface area contributed by atoms with Gasteiger partial charge in [0.25, 0.3) is 0 Å². The van der Waals surface area contributed by atoms with Crippen molar-refractivity contribution < 1.29 is 24.2 Å². The zero-order valence-corrected chi connectivity index (χ0v) is 13.3. The van der Waals surface area contributed by atoms with Crippen LogP contribution in [0.15, 0.2) is 0 Å². The first-order valence-corrected chi connectivity index (χ1v) is 6.97. The Hall–Kier alpha value is -1.11. The van der Waals surface area contributed by atoms with Gasteiger partial charge in [-0.15, -0.1) is 0 Å². The van der Waals surface area contributed by atoms with E-state index in [1.54, 1.807) is 20.8 Å². The van der Waals surface area contributed by atoms with Crippen LogP contribution in [0.2, 0.25) is 5.32 Å². The number of esters is 1. The van der Waals surface area contributed by atoms with Gasteiger partial charge in [-0.05, 0) is 0 Å². The molecule has 1 amide bonds. The molecule has 2 N–H and O–H groups in total. The average Bonchev–Trinajstić information content (AvgIpc) is 2.13. The molecule has 0 saturated carbocycles. The van der Waals surface area contributed by atoms with Gasteiger partial charge in [-0.3, -0.25) is 0 Å². The van der Waals surface area contributed by atoms with Crippen LogP contribution in [0.1, 0.15) is 27.2 Å². The molecule has 19 heavy (non-hydrogen) atoms. The zero-order valence-electron chi connectivity index (χ0n) is 11.5. The Morgan fingerprint density at radius 3 is 2.26 bits per heavy atom. The number of aliphatic carboxylic acids is 1. The number of nitrogens with zero attached hydrogens (tertiary/aromatic N) is 1. The first kappa shape index (κ1) is 17.9. The summed E-state index contributed by atoms with van der Waals surface area (Å²) >= 11 is 2.14. The molecular formula is C11H20N2O5Se. The molecule has 0 aliphatic rings. The summed E-state index contributed by atoms with van der Waals surface area (Å²) in [5, 5.41) is 10.3. The van der Waals surface area contributed by atoms with Gasteiger partial charge in [0.1, 0.15) is 0 Å². The van der Waals surface area contributed by atoms with Crippen molar-refractivity contribution in [1.29, 1.82) is 0 Å². The predicted molar refractivity (Wildman–Crippen MR) is 69.7 cm³/mol. The number of carboxylic acid groups (broad SMARTS) is 1. The van der Waals surface area contributed by atoms with E-state index in [0.717, 1.165) is 5.01 Å². The Balaban J connectivity index is 4.31. The third-order valence-corrected chi connectivity index (χ3v) is 2.68. The molecule has 0 spiro atoms. The number of nitrogens with one attached hydrogen (secondary N) is 1. The Morgan fingerprint density at radius 2 is 1.89 bits per heavy atom. The zero-order chi connectivity index (χ0) is 15.2. The number of likely N-dealkylation sites (N-methyl/N-ethyl adjacent to an activating group) is 1. The minimum atomic E-state index is -1.05. The molecule has 0 rings (SSSR count). The fourth-order valence-corrected chi connectivity index (χ4v) is 2.03. The van der Waals surface area contributed by atoms with Crippen LogP contribution in [0.25, 0.3) is 0 Å². The van der Waals surface area contributed by atoms with E-state index in [1.165, 1.54) is 7.05 Å². The van der Waals surface area contributed by atoms with E-state index >= 15 is 0 Å². The molecule has 0 aliphatic carbocycles. The molecule has 0 fully saturated rings. The SMILES string of the molecule is CN(NC(=O)CC(=O)OC(C)(C)C)[C@@H](C[SeH])C(=O)O. The standard InChI is InChI=1S/C11H20N2O5Se/c1-11(2,3)18-9(15)5-8(14)12-13(4)7(6-19)10(16)17/h7,19H,5-6H2,1-4H3,(H,12,14)(H,16,17)/t7-/m0/s1. The van der Waals surface area contributed by atoms with E-state index in [4.69, 9.17) is 9.84 Å². The summed E-state index contributed by atoms with van der Waals surface area (Å²) in [6, 6.07) is -0.859. The molecule has 110 valence electrons. The van der Waals surface area contributed by atoms with Crippen molar-refractivity contribution in [2.24, 2.45) is 0 Å². The molecule has 0 aromatic rings. The Morgan fingerprint density at radius 1 is 1.37 bits per heavy atom. The molecule has 8 heteroatoms. The summed E-state index contributed by atoms with van der Waals surface area (Å²) in [4.78, 5) is 33.8. The Kier molecular flexibility index (Phi) is 7.04. The molecule has 7 nitrogen and oxygen atoms in total. The minimum absolute atomic E-state index is 0.269. The number of carbonyl (C=O) groups excluding carboxylic acids is 2. The molecule has 0 unspecified atom stereocenters. The number of hydrazine groups is 1. The van der Waals surface area contributed by atoms with E-state index < -0.39 is 35.9 Å². The van der Waals surface area contributed by atoms with Gasteiger partial charge in [-0.2, -0.15) is 0 Å². The van der Waals surface area contributed by atoms with E-state index in [0.29, 0.717) is 0 Å². The van der Waals surface area contributed by atoms with Crippen LogP contribution in [0.3, 0.4) is 0 Å². The van der Waals surface area contributed by atoms with Crippen molar-refractivity contribution >= 4 is 33.9 Å². The second kappa shape index (κ2) is 7.47. The average molecular weight is 339 g/mol. The summed E-state index contributed by atoms with van der Waals surface area (Å²) in [6.07, 6.45) is -0.452. The van der Waals surface area contributed by atoms with Gasteiger partial charge < -0.3 is 0 Å². The first-order chi connectivity index (χ1) is 8.56. The summed E-state index contributed by atoms with van der Waals surface area (Å²) in [6.45, 7) is 5.10. The molecular weight excluding hydrogens is 319 g/mol. The maximum absolute atomic E-state index is 11.5. The normalized spacial score (nSPS) is 12.9. The van der Waals surface area contributed by atoms with Crippen LogP contribution < -0.4 is 5.43 Å². The molecule has 1 atom stereocenters. The van der Waals surface area contributed by atoms with Crippen LogP contribution in [-0.4, -0.2) is 62.7 Å². The third kappa shape index (κ3) is 7.81. The molecule has 0 aliphatic heterocycles.